The highest BCUT2D eigenvalue weighted by Crippen LogP contribution is 2.10. The molecule has 1 aliphatic heterocycles. The van der Waals surface area contributed by atoms with Gasteiger partial charge in [0.15, 0.2) is 0 Å². The van der Waals surface area contributed by atoms with Crippen molar-refractivity contribution in [3.8, 4) is 0 Å². The summed E-state index contributed by atoms with van der Waals surface area (Å²) in [5.74, 6) is 0. The van der Waals surface area contributed by atoms with Crippen molar-refractivity contribution in [2.45, 2.75) is 19.6 Å². The van der Waals surface area contributed by atoms with E-state index in [0.29, 0.717) is 32.6 Å². The van der Waals surface area contributed by atoms with Crippen LogP contribution in [0.25, 0.3) is 0 Å². The largest absolute Gasteiger partial charge is 0.445 e. The summed E-state index contributed by atoms with van der Waals surface area (Å²) in [6.45, 7) is 2.51. The van der Waals surface area contributed by atoms with Crippen LogP contribution in [0.1, 0.15) is 17.5 Å². The molecule has 0 atom stereocenters. The molecule has 1 heterocycles. The van der Waals surface area contributed by atoms with Gasteiger partial charge in [0.2, 0.25) is 0 Å². The smallest absolute Gasteiger partial charge is 0.410 e. The Balaban J connectivity index is 1.43. The topological polar surface area (TPSA) is 59.1 Å². The summed E-state index contributed by atoms with van der Waals surface area (Å²) in [6, 6.07) is 19.2. The van der Waals surface area contributed by atoms with Gasteiger partial charge in [-0.2, -0.15) is 0 Å². The molecule has 1 saturated heterocycles. The van der Waals surface area contributed by atoms with E-state index in [9.17, 15) is 9.59 Å². The molecule has 2 aromatic rings. The number of hydrogen-bond donors (Lipinski definition) is 0. The molecule has 0 radical (unpaired) electrons. The Morgan fingerprint density at radius 3 is 1.48 bits per heavy atom. The van der Waals surface area contributed by atoms with Crippen LogP contribution in [0.2, 0.25) is 0 Å². The molecule has 6 nitrogen and oxygen atoms in total. The van der Waals surface area contributed by atoms with Gasteiger partial charge >= 0.3 is 12.2 Å². The van der Waals surface area contributed by atoms with Gasteiger partial charge in [-0.3, -0.25) is 0 Å². The lowest BCUT2D eigenvalue weighted by atomic mass is 10.2. The molecule has 27 heavy (non-hydrogen) atoms. The van der Waals surface area contributed by atoms with Crippen molar-refractivity contribution >= 4 is 12.2 Å². The van der Waals surface area contributed by atoms with Crippen molar-refractivity contribution in [1.82, 2.24) is 9.80 Å². The molecule has 0 aromatic heterocycles. The summed E-state index contributed by atoms with van der Waals surface area (Å²) < 4.78 is 10.8. The molecule has 0 spiro atoms. The van der Waals surface area contributed by atoms with Gasteiger partial charge in [0.05, 0.1) is 0 Å². The minimum atomic E-state index is -0.349. The van der Waals surface area contributed by atoms with E-state index >= 15 is 0 Å². The van der Waals surface area contributed by atoms with Gasteiger partial charge in [-0.25, -0.2) is 9.59 Å². The van der Waals surface area contributed by atoms with Crippen molar-refractivity contribution in [2.24, 2.45) is 0 Å². The van der Waals surface area contributed by atoms with Crippen molar-refractivity contribution in [2.75, 3.05) is 26.2 Å². The zero-order valence-corrected chi connectivity index (χ0v) is 15.3. The van der Waals surface area contributed by atoms with Gasteiger partial charge in [-0.05, 0) is 17.5 Å². The van der Waals surface area contributed by atoms with Crippen LogP contribution in [0.4, 0.5) is 9.59 Å². The molecule has 0 bridgehead atoms. The molecule has 0 N–H and O–H groups in total. The van der Waals surface area contributed by atoms with Crippen LogP contribution >= 0.6 is 0 Å². The minimum absolute atomic E-state index is 0.249. The fraction of sp³-hybridized carbons (Fsp3) is 0.333. The molecular weight excluding hydrogens is 344 g/mol. The molecule has 0 saturated carbocycles. The summed E-state index contributed by atoms with van der Waals surface area (Å²) in [5.41, 5.74) is 1.90. The molecule has 3 rings (SSSR count). The Labute approximate surface area is 159 Å². The number of rotatable bonds is 4. The van der Waals surface area contributed by atoms with E-state index in [-0.39, 0.29) is 25.4 Å². The Morgan fingerprint density at radius 1 is 0.667 bits per heavy atom. The predicted octanol–water partition coefficient (Wildman–Crippen LogP) is 3.67. The molecule has 2 aromatic carbocycles. The number of amides is 2. The van der Waals surface area contributed by atoms with Gasteiger partial charge in [0.25, 0.3) is 0 Å². The van der Waals surface area contributed by atoms with Crippen LogP contribution in [0.3, 0.4) is 0 Å². The van der Waals surface area contributed by atoms with Gasteiger partial charge in [-0.1, -0.05) is 60.7 Å². The molecule has 1 aliphatic rings. The third-order valence-corrected chi connectivity index (χ3v) is 4.42. The summed E-state index contributed by atoms with van der Waals surface area (Å²) in [4.78, 5) is 27.9. The summed E-state index contributed by atoms with van der Waals surface area (Å²) in [6.07, 6.45) is -0.00218. The summed E-state index contributed by atoms with van der Waals surface area (Å²) >= 11 is 0. The van der Waals surface area contributed by atoms with Gasteiger partial charge in [0, 0.05) is 26.2 Å². The first kappa shape index (κ1) is 18.8. The van der Waals surface area contributed by atoms with E-state index in [1.807, 2.05) is 60.7 Å². The maximum absolute atomic E-state index is 12.3. The normalized spacial score (nSPS) is 14.4. The zero-order valence-electron chi connectivity index (χ0n) is 15.3. The average Bonchev–Trinajstić information content (AvgIpc) is 2.98. The molecule has 0 aliphatic carbocycles. The molecular formula is C21H24N2O4. The van der Waals surface area contributed by atoms with E-state index < -0.39 is 0 Å². The van der Waals surface area contributed by atoms with Gasteiger partial charge in [-0.15, -0.1) is 0 Å². The Morgan fingerprint density at radius 2 is 1.07 bits per heavy atom. The van der Waals surface area contributed by atoms with Crippen LogP contribution in [0.15, 0.2) is 60.7 Å². The maximum atomic E-state index is 12.3. The Hall–Kier alpha value is -3.02. The van der Waals surface area contributed by atoms with Crippen LogP contribution in [-0.2, 0) is 22.7 Å². The number of carbonyl (C=O) groups is 2. The fourth-order valence-electron chi connectivity index (χ4n) is 2.90. The van der Waals surface area contributed by atoms with Crippen molar-refractivity contribution < 1.29 is 19.1 Å². The number of benzene rings is 2. The first-order chi connectivity index (χ1) is 13.2. The second kappa shape index (κ2) is 9.62. The van der Waals surface area contributed by atoms with Crippen molar-refractivity contribution in [1.29, 1.82) is 0 Å². The van der Waals surface area contributed by atoms with Crippen molar-refractivity contribution in [3.63, 3.8) is 0 Å². The fourth-order valence-corrected chi connectivity index (χ4v) is 2.90. The van der Waals surface area contributed by atoms with Crippen molar-refractivity contribution in [3.05, 3.63) is 71.8 Å². The van der Waals surface area contributed by atoms with E-state index in [0.717, 1.165) is 11.1 Å². The third-order valence-electron chi connectivity index (χ3n) is 4.42. The molecule has 1 fully saturated rings. The minimum Gasteiger partial charge on any atom is -0.445 e. The summed E-state index contributed by atoms with van der Waals surface area (Å²) in [7, 11) is 0. The highest BCUT2D eigenvalue weighted by atomic mass is 16.6. The highest BCUT2D eigenvalue weighted by molar-refractivity contribution is 5.69. The van der Waals surface area contributed by atoms with E-state index in [1.165, 1.54) is 0 Å². The van der Waals surface area contributed by atoms with E-state index in [2.05, 4.69) is 0 Å². The van der Waals surface area contributed by atoms with Gasteiger partial charge < -0.3 is 19.3 Å². The Kier molecular flexibility index (Phi) is 6.68. The molecule has 6 heteroatoms. The lowest BCUT2D eigenvalue weighted by Crippen LogP contribution is -2.37. The number of ether oxygens (including phenoxy) is 2. The second-order valence-electron chi connectivity index (χ2n) is 6.41. The number of hydrogen-bond acceptors (Lipinski definition) is 4. The number of nitrogens with zero attached hydrogens (tertiary/aromatic N) is 2. The second-order valence-corrected chi connectivity index (χ2v) is 6.41. The molecule has 0 unspecified atom stereocenters. The first-order valence-corrected chi connectivity index (χ1v) is 9.13. The lowest BCUT2D eigenvalue weighted by Gasteiger charge is -2.21. The zero-order chi connectivity index (χ0) is 18.9. The summed E-state index contributed by atoms with van der Waals surface area (Å²) in [5, 5.41) is 0. The lowest BCUT2D eigenvalue weighted by molar-refractivity contribution is 0.0896. The van der Waals surface area contributed by atoms with Crippen LogP contribution in [0.5, 0.6) is 0 Å². The van der Waals surface area contributed by atoms with Crippen LogP contribution < -0.4 is 0 Å². The van der Waals surface area contributed by atoms with Crippen LogP contribution in [0, 0.1) is 0 Å². The Bertz CT molecular complexity index is 673. The SMILES string of the molecule is O=C(OCc1ccccc1)N1CCCN(C(=O)OCc2ccccc2)CC1. The van der Waals surface area contributed by atoms with E-state index in [1.54, 1.807) is 9.80 Å². The average molecular weight is 368 g/mol. The van der Waals surface area contributed by atoms with Crippen LogP contribution in [-0.4, -0.2) is 48.2 Å². The van der Waals surface area contributed by atoms with E-state index in [4.69, 9.17) is 9.47 Å². The monoisotopic (exact) mass is 368 g/mol. The third kappa shape index (κ3) is 5.74. The number of carbonyl (C=O) groups excluding carboxylic acids is 2. The van der Waals surface area contributed by atoms with Gasteiger partial charge in [0.1, 0.15) is 13.2 Å². The quantitative estimate of drug-likeness (QED) is 0.826. The standard InChI is InChI=1S/C21H24N2O4/c24-20(26-16-18-8-3-1-4-9-18)22-12-7-13-23(15-14-22)21(25)27-17-19-10-5-2-6-11-19/h1-6,8-11H,7,12-17H2. The highest BCUT2D eigenvalue weighted by Gasteiger charge is 2.23. The molecule has 142 valence electrons. The predicted molar refractivity (Wildman–Crippen MR) is 101 cm³/mol. The molecule has 2 amide bonds. The first-order valence-electron chi connectivity index (χ1n) is 9.13. The maximum Gasteiger partial charge on any atom is 0.410 e.